The monoisotopic (exact) mass is 448 g/mol. The molecular weight excluding hydrogens is 412 g/mol. The molecular formula is C23H36N2O5Si. The Hall–Kier alpha value is -2.37. The number of non-ortho nitro benzene ring substituents is 1. The Morgan fingerprint density at radius 2 is 1.87 bits per heavy atom. The van der Waals surface area contributed by atoms with Crippen molar-refractivity contribution >= 4 is 25.7 Å². The molecule has 8 heteroatoms. The second kappa shape index (κ2) is 10.8. The fraction of sp³-hybridized carbons (Fsp3) is 0.609. The normalized spacial score (nSPS) is 12.0. The van der Waals surface area contributed by atoms with Crippen molar-refractivity contribution in [1.29, 1.82) is 0 Å². The third-order valence-corrected chi connectivity index (χ3v) is 9.87. The first kappa shape index (κ1) is 26.7. The quantitative estimate of drug-likeness (QED) is 0.137. The van der Waals surface area contributed by atoms with Gasteiger partial charge in [0, 0.05) is 24.1 Å². The summed E-state index contributed by atoms with van der Waals surface area (Å²) in [4.78, 5) is 22.6. The van der Waals surface area contributed by atoms with Crippen molar-refractivity contribution in [2.45, 2.75) is 66.1 Å². The van der Waals surface area contributed by atoms with Crippen LogP contribution in [0.15, 0.2) is 18.2 Å². The molecule has 1 rings (SSSR count). The topological polar surface area (TPSA) is 90.7 Å². The first-order valence-electron chi connectivity index (χ1n) is 10.5. The van der Waals surface area contributed by atoms with Gasteiger partial charge in [-0.25, -0.2) is 0 Å². The molecule has 0 saturated carbocycles. The Labute approximate surface area is 187 Å². The highest BCUT2D eigenvalue weighted by Crippen LogP contribution is 2.36. The van der Waals surface area contributed by atoms with Crippen LogP contribution in [-0.4, -0.2) is 39.0 Å². The Morgan fingerprint density at radius 1 is 1.23 bits per heavy atom. The van der Waals surface area contributed by atoms with Gasteiger partial charge in [-0.05, 0) is 45.0 Å². The molecule has 0 amide bonds. The Morgan fingerprint density at radius 3 is 2.42 bits per heavy atom. The molecule has 1 aromatic carbocycles. The lowest BCUT2D eigenvalue weighted by Gasteiger charge is -2.36. The highest BCUT2D eigenvalue weighted by atomic mass is 28.4. The largest absolute Gasteiger partial charge is 0.466 e. The van der Waals surface area contributed by atoms with Crippen LogP contribution in [0.4, 0.5) is 11.4 Å². The van der Waals surface area contributed by atoms with E-state index in [9.17, 15) is 14.9 Å². The van der Waals surface area contributed by atoms with E-state index in [4.69, 9.17) is 9.16 Å². The van der Waals surface area contributed by atoms with Crippen molar-refractivity contribution in [2.75, 3.05) is 25.1 Å². The number of nitro groups is 1. The van der Waals surface area contributed by atoms with Crippen molar-refractivity contribution in [2.24, 2.45) is 5.41 Å². The lowest BCUT2D eigenvalue weighted by Crippen LogP contribution is -2.41. The summed E-state index contributed by atoms with van der Waals surface area (Å²) in [5.74, 6) is 5.77. The number of nitrogens with one attached hydrogen (secondary N) is 1. The number of benzene rings is 1. The first-order chi connectivity index (χ1) is 14.2. The van der Waals surface area contributed by atoms with Gasteiger partial charge in [0.25, 0.3) is 5.69 Å². The molecule has 172 valence electrons. The Bertz CT molecular complexity index is 848. The summed E-state index contributed by atoms with van der Waals surface area (Å²) in [5.41, 5.74) is 0.553. The van der Waals surface area contributed by atoms with Crippen molar-refractivity contribution in [3.8, 4) is 11.8 Å². The lowest BCUT2D eigenvalue weighted by atomic mass is 9.90. The molecule has 0 fully saturated rings. The maximum atomic E-state index is 11.8. The van der Waals surface area contributed by atoms with E-state index >= 15 is 0 Å². The van der Waals surface area contributed by atoms with Gasteiger partial charge in [-0.1, -0.05) is 32.6 Å². The van der Waals surface area contributed by atoms with E-state index in [2.05, 4.69) is 51.0 Å². The summed E-state index contributed by atoms with van der Waals surface area (Å²) < 4.78 is 11.2. The van der Waals surface area contributed by atoms with Crippen LogP contribution in [-0.2, 0) is 14.0 Å². The molecule has 31 heavy (non-hydrogen) atoms. The number of carbonyl (C=O) groups excluding carboxylic acids is 1. The van der Waals surface area contributed by atoms with E-state index in [0.717, 1.165) is 0 Å². The van der Waals surface area contributed by atoms with Gasteiger partial charge in [-0.15, -0.1) is 0 Å². The van der Waals surface area contributed by atoms with E-state index in [1.54, 1.807) is 13.0 Å². The summed E-state index contributed by atoms with van der Waals surface area (Å²) in [6.07, 6.45) is 0.145. The summed E-state index contributed by atoms with van der Waals surface area (Å²) in [5, 5.41) is 14.6. The molecule has 0 atom stereocenters. The summed E-state index contributed by atoms with van der Waals surface area (Å²) in [6, 6.07) is 4.56. The molecule has 0 aliphatic carbocycles. The molecule has 0 aliphatic rings. The van der Waals surface area contributed by atoms with Gasteiger partial charge in [0.15, 0.2) is 8.32 Å². The number of hydrogen-bond acceptors (Lipinski definition) is 6. The molecule has 0 spiro atoms. The van der Waals surface area contributed by atoms with Crippen LogP contribution >= 0.6 is 0 Å². The average Bonchev–Trinajstić information content (AvgIpc) is 2.62. The van der Waals surface area contributed by atoms with Gasteiger partial charge >= 0.3 is 5.97 Å². The molecule has 0 unspecified atom stereocenters. The zero-order valence-corrected chi connectivity index (χ0v) is 21.0. The van der Waals surface area contributed by atoms with Crippen LogP contribution in [0.3, 0.4) is 0 Å². The van der Waals surface area contributed by atoms with Crippen molar-refractivity contribution < 1.29 is 18.9 Å². The SMILES string of the molecule is CCOC(=O)CC(C)(C)C#Cc1cc([N+](=O)[O-])ccc1NCCO[Si](C)(C)C(C)(C)C. The zero-order chi connectivity index (χ0) is 23.9. The number of nitrogens with zero attached hydrogens (tertiary/aromatic N) is 1. The minimum Gasteiger partial charge on any atom is -0.466 e. The first-order valence-corrected chi connectivity index (χ1v) is 13.4. The van der Waals surface area contributed by atoms with E-state index in [0.29, 0.717) is 31.0 Å². The van der Waals surface area contributed by atoms with Crippen LogP contribution in [0.25, 0.3) is 0 Å². The number of anilines is 1. The maximum Gasteiger partial charge on any atom is 0.307 e. The van der Waals surface area contributed by atoms with Gasteiger partial charge in [0.05, 0.1) is 35.8 Å². The van der Waals surface area contributed by atoms with Crippen LogP contribution < -0.4 is 5.32 Å². The molecule has 0 bridgehead atoms. The van der Waals surface area contributed by atoms with E-state index < -0.39 is 18.7 Å². The fourth-order valence-electron chi connectivity index (χ4n) is 2.47. The van der Waals surface area contributed by atoms with Crippen LogP contribution in [0.1, 0.15) is 53.5 Å². The number of esters is 1. The second-order valence-corrected chi connectivity index (χ2v) is 14.4. The molecule has 7 nitrogen and oxygen atoms in total. The average molecular weight is 449 g/mol. The fourth-order valence-corrected chi connectivity index (χ4v) is 3.51. The highest BCUT2D eigenvalue weighted by Gasteiger charge is 2.36. The number of hydrogen-bond donors (Lipinski definition) is 1. The summed E-state index contributed by atoms with van der Waals surface area (Å²) in [7, 11) is -1.84. The molecule has 0 aliphatic heterocycles. The minimum absolute atomic E-state index is 0.0319. The Kier molecular flexibility index (Phi) is 9.27. The van der Waals surface area contributed by atoms with Crippen molar-refractivity contribution in [1.82, 2.24) is 0 Å². The smallest absolute Gasteiger partial charge is 0.307 e. The van der Waals surface area contributed by atoms with Gasteiger partial charge in [0.2, 0.25) is 0 Å². The van der Waals surface area contributed by atoms with Gasteiger partial charge in [-0.2, -0.15) is 0 Å². The summed E-state index contributed by atoms with van der Waals surface area (Å²) in [6.45, 7) is 17.8. The number of nitro benzene ring substituents is 1. The van der Waals surface area contributed by atoms with Crippen molar-refractivity contribution in [3.63, 3.8) is 0 Å². The van der Waals surface area contributed by atoms with E-state index in [1.165, 1.54) is 12.1 Å². The predicted octanol–water partition coefficient (Wildman–Crippen LogP) is 5.36. The predicted molar refractivity (Wildman–Crippen MR) is 127 cm³/mol. The minimum atomic E-state index is -1.84. The van der Waals surface area contributed by atoms with E-state index in [-0.39, 0.29) is 23.1 Å². The molecule has 0 radical (unpaired) electrons. The standard InChI is InChI=1S/C23H36N2O5Si/c1-9-29-21(26)17-23(5,6)13-12-18-16-19(25(27)28)10-11-20(18)24-14-15-30-31(7,8)22(2,3)4/h10-11,16,24H,9,14-15,17H2,1-8H3. The number of carbonyl (C=O) groups is 1. The molecule has 1 N–H and O–H groups in total. The van der Waals surface area contributed by atoms with Gasteiger partial charge in [0.1, 0.15) is 0 Å². The molecule has 0 aromatic heterocycles. The van der Waals surface area contributed by atoms with Crippen LogP contribution in [0, 0.1) is 27.4 Å². The molecule has 0 heterocycles. The van der Waals surface area contributed by atoms with Crippen LogP contribution in [0.2, 0.25) is 18.1 Å². The van der Waals surface area contributed by atoms with E-state index in [1.807, 2.05) is 13.8 Å². The number of rotatable bonds is 9. The highest BCUT2D eigenvalue weighted by molar-refractivity contribution is 6.74. The molecule has 0 saturated heterocycles. The summed E-state index contributed by atoms with van der Waals surface area (Å²) >= 11 is 0. The maximum absolute atomic E-state index is 11.8. The van der Waals surface area contributed by atoms with Crippen molar-refractivity contribution in [3.05, 3.63) is 33.9 Å². The van der Waals surface area contributed by atoms with Gasteiger partial charge in [-0.3, -0.25) is 14.9 Å². The van der Waals surface area contributed by atoms with Gasteiger partial charge < -0.3 is 14.5 Å². The third-order valence-electron chi connectivity index (χ3n) is 5.33. The second-order valence-electron chi connectivity index (χ2n) is 9.64. The third kappa shape index (κ3) is 8.72. The van der Waals surface area contributed by atoms with Crippen LogP contribution in [0.5, 0.6) is 0 Å². The Balaban J connectivity index is 2.99. The molecule has 1 aromatic rings. The lowest BCUT2D eigenvalue weighted by molar-refractivity contribution is -0.384. The zero-order valence-electron chi connectivity index (χ0n) is 20.0. The number of ether oxygens (including phenoxy) is 1.